The predicted octanol–water partition coefficient (Wildman–Crippen LogP) is 0.748. The molecule has 1 aliphatic heterocycles. The molecule has 0 N–H and O–H groups in total. The van der Waals surface area contributed by atoms with Crippen molar-refractivity contribution < 1.29 is 4.79 Å². The van der Waals surface area contributed by atoms with Gasteiger partial charge in [0.15, 0.2) is 0 Å². The van der Waals surface area contributed by atoms with Crippen molar-refractivity contribution in [2.75, 3.05) is 13.1 Å². The van der Waals surface area contributed by atoms with Gasteiger partial charge in [-0.1, -0.05) is 0 Å². The highest BCUT2D eigenvalue weighted by Crippen LogP contribution is 2.25. The first-order valence-corrected chi connectivity index (χ1v) is 7.71. The number of hydrogen-bond donors (Lipinski definition) is 0. The molecule has 0 unspecified atom stereocenters. The predicted molar refractivity (Wildman–Crippen MR) is 83.8 cm³/mol. The number of aromatic nitrogens is 4. The number of hydrogen-bond acceptors (Lipinski definition) is 5. The fraction of sp³-hybridized carbons (Fsp3) is 0.438. The van der Waals surface area contributed by atoms with Crippen molar-refractivity contribution >= 4 is 5.91 Å². The Morgan fingerprint density at radius 2 is 2.26 bits per heavy atom. The Bertz CT molecular complexity index is 758. The molecule has 1 aliphatic rings. The lowest BCUT2D eigenvalue weighted by Gasteiger charge is -2.32. The van der Waals surface area contributed by atoms with Gasteiger partial charge in [-0.15, -0.1) is 0 Å². The summed E-state index contributed by atoms with van der Waals surface area (Å²) in [6.07, 6.45) is 8.43. The molecule has 1 fully saturated rings. The minimum absolute atomic E-state index is 0.0267. The van der Waals surface area contributed by atoms with Crippen LogP contribution in [0.4, 0.5) is 0 Å². The molecule has 3 rings (SSSR count). The van der Waals surface area contributed by atoms with Crippen molar-refractivity contribution in [1.82, 2.24) is 24.4 Å². The van der Waals surface area contributed by atoms with Gasteiger partial charge in [0, 0.05) is 43.8 Å². The maximum absolute atomic E-state index is 12.5. The van der Waals surface area contributed by atoms with Crippen LogP contribution < -0.4 is 5.69 Å². The van der Waals surface area contributed by atoms with Crippen LogP contribution in [0, 0.1) is 6.92 Å². The first-order valence-electron chi connectivity index (χ1n) is 7.71. The van der Waals surface area contributed by atoms with E-state index in [4.69, 9.17) is 0 Å². The fourth-order valence-electron chi connectivity index (χ4n) is 2.88. The summed E-state index contributed by atoms with van der Waals surface area (Å²) in [7, 11) is 0. The fourth-order valence-corrected chi connectivity index (χ4v) is 2.88. The average Bonchev–Trinajstić information content (AvgIpc) is 2.57. The molecule has 0 spiro atoms. The van der Waals surface area contributed by atoms with E-state index in [0.29, 0.717) is 13.1 Å². The minimum atomic E-state index is -0.404. The summed E-state index contributed by atoms with van der Waals surface area (Å²) in [6.45, 7) is 3.27. The van der Waals surface area contributed by atoms with E-state index in [1.54, 1.807) is 29.6 Å². The van der Waals surface area contributed by atoms with Crippen LogP contribution in [-0.4, -0.2) is 43.4 Å². The van der Waals surface area contributed by atoms with Crippen molar-refractivity contribution in [1.29, 1.82) is 0 Å². The van der Waals surface area contributed by atoms with Gasteiger partial charge in [-0.2, -0.15) is 0 Å². The number of piperidine rings is 1. The third-order valence-corrected chi connectivity index (χ3v) is 4.05. The summed E-state index contributed by atoms with van der Waals surface area (Å²) >= 11 is 0. The third kappa shape index (κ3) is 3.61. The zero-order valence-electron chi connectivity index (χ0n) is 13.1. The van der Waals surface area contributed by atoms with Crippen LogP contribution >= 0.6 is 0 Å². The second-order valence-corrected chi connectivity index (χ2v) is 5.79. The highest BCUT2D eigenvalue weighted by molar-refractivity contribution is 5.76. The van der Waals surface area contributed by atoms with Gasteiger partial charge in [0.05, 0.1) is 11.4 Å². The Kier molecular flexibility index (Phi) is 4.45. The van der Waals surface area contributed by atoms with Gasteiger partial charge in [0.1, 0.15) is 6.54 Å². The summed E-state index contributed by atoms with van der Waals surface area (Å²) in [6, 6.07) is 1.65. The van der Waals surface area contributed by atoms with Crippen molar-refractivity contribution in [3.63, 3.8) is 0 Å². The second-order valence-electron chi connectivity index (χ2n) is 5.79. The van der Waals surface area contributed by atoms with E-state index in [-0.39, 0.29) is 18.4 Å². The zero-order valence-corrected chi connectivity index (χ0v) is 13.1. The van der Waals surface area contributed by atoms with Crippen molar-refractivity contribution in [2.45, 2.75) is 32.2 Å². The SMILES string of the molecule is Cc1cncc([C@@H]2CCCN(C(=O)Cn3cccnc3=O)C2)n1. The number of amides is 1. The highest BCUT2D eigenvalue weighted by atomic mass is 16.2. The normalized spacial score (nSPS) is 18.0. The molecule has 1 saturated heterocycles. The number of aryl methyl sites for hydroxylation is 1. The Labute approximate surface area is 134 Å². The van der Waals surface area contributed by atoms with Crippen LogP contribution in [0.25, 0.3) is 0 Å². The quantitative estimate of drug-likeness (QED) is 0.835. The monoisotopic (exact) mass is 313 g/mol. The van der Waals surface area contributed by atoms with E-state index < -0.39 is 5.69 Å². The molecular formula is C16H19N5O2. The molecule has 1 atom stereocenters. The standard InChI is InChI=1S/C16H19N5O2/c1-12-8-17-9-14(19-12)13-4-2-6-20(10-13)15(22)11-21-7-3-5-18-16(21)23/h3,5,7-9,13H,2,4,6,10-11H2,1H3/t13-/m1/s1. The first-order chi connectivity index (χ1) is 11.1. The molecule has 0 aromatic carbocycles. The van der Waals surface area contributed by atoms with Crippen LogP contribution in [0.5, 0.6) is 0 Å². The molecule has 0 radical (unpaired) electrons. The van der Waals surface area contributed by atoms with Gasteiger partial charge in [-0.05, 0) is 25.8 Å². The first kappa shape index (κ1) is 15.3. The molecule has 0 bridgehead atoms. The summed E-state index contributed by atoms with van der Waals surface area (Å²) in [4.78, 5) is 38.3. The molecule has 7 heteroatoms. The van der Waals surface area contributed by atoms with Crippen LogP contribution in [0.1, 0.15) is 30.1 Å². The number of likely N-dealkylation sites (tertiary alicyclic amines) is 1. The maximum Gasteiger partial charge on any atom is 0.347 e. The Balaban J connectivity index is 1.70. The Hall–Kier alpha value is -2.57. The lowest BCUT2D eigenvalue weighted by Crippen LogP contribution is -2.42. The molecule has 0 saturated carbocycles. The van der Waals surface area contributed by atoms with Crippen molar-refractivity contribution in [3.8, 4) is 0 Å². The van der Waals surface area contributed by atoms with Gasteiger partial charge >= 0.3 is 5.69 Å². The molecule has 2 aromatic rings. The van der Waals surface area contributed by atoms with Gasteiger partial charge < -0.3 is 4.90 Å². The lowest BCUT2D eigenvalue weighted by molar-refractivity contribution is -0.133. The van der Waals surface area contributed by atoms with Gasteiger partial charge in [-0.25, -0.2) is 9.78 Å². The highest BCUT2D eigenvalue weighted by Gasteiger charge is 2.26. The lowest BCUT2D eigenvalue weighted by atomic mass is 9.95. The minimum Gasteiger partial charge on any atom is -0.340 e. The molecule has 23 heavy (non-hydrogen) atoms. The van der Waals surface area contributed by atoms with E-state index in [9.17, 15) is 9.59 Å². The van der Waals surface area contributed by atoms with Crippen molar-refractivity contribution in [2.24, 2.45) is 0 Å². The molecule has 0 aliphatic carbocycles. The van der Waals surface area contributed by atoms with Crippen LogP contribution in [-0.2, 0) is 11.3 Å². The Morgan fingerprint density at radius 3 is 3.04 bits per heavy atom. The van der Waals surface area contributed by atoms with Gasteiger partial charge in [0.25, 0.3) is 0 Å². The zero-order chi connectivity index (χ0) is 16.2. The summed E-state index contributed by atoms with van der Waals surface area (Å²) in [5, 5.41) is 0. The van der Waals surface area contributed by atoms with Gasteiger partial charge in [-0.3, -0.25) is 19.3 Å². The topological polar surface area (TPSA) is 81.0 Å². The number of nitrogens with zero attached hydrogens (tertiary/aromatic N) is 5. The van der Waals surface area contributed by atoms with Crippen LogP contribution in [0.2, 0.25) is 0 Å². The molecule has 3 heterocycles. The van der Waals surface area contributed by atoms with E-state index in [0.717, 1.165) is 24.2 Å². The van der Waals surface area contributed by atoms with E-state index in [1.165, 1.54) is 10.8 Å². The smallest absolute Gasteiger partial charge is 0.340 e. The summed E-state index contributed by atoms with van der Waals surface area (Å²) in [5.41, 5.74) is 1.41. The average molecular weight is 313 g/mol. The molecule has 7 nitrogen and oxygen atoms in total. The summed E-state index contributed by atoms with van der Waals surface area (Å²) < 4.78 is 1.33. The maximum atomic E-state index is 12.5. The van der Waals surface area contributed by atoms with E-state index in [1.807, 2.05) is 6.92 Å². The molecule has 1 amide bonds. The number of carbonyl (C=O) groups is 1. The van der Waals surface area contributed by atoms with Crippen LogP contribution in [0.15, 0.2) is 35.6 Å². The molecule has 120 valence electrons. The van der Waals surface area contributed by atoms with Crippen LogP contribution in [0.3, 0.4) is 0 Å². The van der Waals surface area contributed by atoms with Gasteiger partial charge in [0.2, 0.25) is 5.91 Å². The summed E-state index contributed by atoms with van der Waals surface area (Å²) in [5.74, 6) is 0.135. The van der Waals surface area contributed by atoms with Crippen molar-refractivity contribution in [3.05, 3.63) is 52.7 Å². The molecule has 2 aromatic heterocycles. The Morgan fingerprint density at radius 1 is 1.39 bits per heavy atom. The van der Waals surface area contributed by atoms with E-state index in [2.05, 4.69) is 15.0 Å². The van der Waals surface area contributed by atoms with E-state index >= 15 is 0 Å². The third-order valence-electron chi connectivity index (χ3n) is 4.05. The number of carbonyl (C=O) groups excluding carboxylic acids is 1. The number of rotatable bonds is 3. The molecular weight excluding hydrogens is 294 g/mol. The second kappa shape index (κ2) is 6.68. The largest absolute Gasteiger partial charge is 0.347 e.